The average Bonchev–Trinajstić information content (AvgIpc) is 3.30. The first-order chi connectivity index (χ1) is 13.7. The van der Waals surface area contributed by atoms with Gasteiger partial charge in [-0.15, -0.1) is 11.3 Å². The van der Waals surface area contributed by atoms with Crippen LogP contribution in [0.1, 0.15) is 22.9 Å². The molecule has 0 saturated carbocycles. The van der Waals surface area contributed by atoms with Crippen LogP contribution in [-0.2, 0) is 22.4 Å². The van der Waals surface area contributed by atoms with Crippen molar-refractivity contribution >= 4 is 39.2 Å². The summed E-state index contributed by atoms with van der Waals surface area (Å²) in [6.45, 7) is 5.11. The van der Waals surface area contributed by atoms with Crippen molar-refractivity contribution in [2.75, 3.05) is 36.5 Å². The highest BCUT2D eigenvalue weighted by molar-refractivity contribution is 7.15. The number of aromatic nitrogens is 2. The van der Waals surface area contributed by atoms with Crippen LogP contribution < -0.4 is 10.2 Å². The Kier molecular flexibility index (Phi) is 4.52. The van der Waals surface area contributed by atoms with E-state index in [1.54, 1.807) is 11.3 Å². The average molecular weight is 398 g/mol. The molecule has 1 saturated heterocycles. The number of rotatable bonds is 3. The van der Waals surface area contributed by atoms with Crippen molar-refractivity contribution in [2.45, 2.75) is 26.2 Å². The van der Waals surface area contributed by atoms with E-state index in [-0.39, 0.29) is 11.8 Å². The molecule has 7 nitrogen and oxygen atoms in total. The van der Waals surface area contributed by atoms with Gasteiger partial charge in [-0.2, -0.15) is 0 Å². The van der Waals surface area contributed by atoms with Crippen LogP contribution in [0, 0.1) is 12.8 Å². The Labute approximate surface area is 166 Å². The number of oxazole rings is 1. The van der Waals surface area contributed by atoms with Crippen molar-refractivity contribution in [1.29, 1.82) is 0 Å². The molecule has 1 unspecified atom stereocenters. The van der Waals surface area contributed by atoms with E-state index in [0.717, 1.165) is 73.2 Å². The first-order valence-electron chi connectivity index (χ1n) is 9.65. The molecular weight excluding hydrogens is 376 g/mol. The highest BCUT2D eigenvalue weighted by Crippen LogP contribution is 2.35. The number of hydrogen-bond donors (Lipinski definition) is 1. The number of aryl methyl sites for hydroxylation is 2. The number of benzene rings is 1. The van der Waals surface area contributed by atoms with Gasteiger partial charge >= 0.3 is 0 Å². The Balaban J connectivity index is 1.28. The smallest absolute Gasteiger partial charge is 0.227 e. The number of nitrogens with one attached hydrogen (secondary N) is 1. The van der Waals surface area contributed by atoms with Crippen molar-refractivity contribution in [3.8, 4) is 0 Å². The van der Waals surface area contributed by atoms with E-state index < -0.39 is 0 Å². The second-order valence-corrected chi connectivity index (χ2v) is 8.37. The van der Waals surface area contributed by atoms with Crippen LogP contribution in [0.3, 0.4) is 0 Å². The summed E-state index contributed by atoms with van der Waals surface area (Å²) >= 11 is 1.73. The Morgan fingerprint density at radius 3 is 3.00 bits per heavy atom. The number of morpholine rings is 1. The van der Waals surface area contributed by atoms with Crippen LogP contribution in [-0.4, -0.2) is 42.2 Å². The summed E-state index contributed by atoms with van der Waals surface area (Å²) in [4.78, 5) is 25.5. The Hall–Kier alpha value is -2.45. The maximum Gasteiger partial charge on any atom is 0.227 e. The van der Waals surface area contributed by atoms with Crippen molar-refractivity contribution in [2.24, 2.45) is 5.92 Å². The highest BCUT2D eigenvalue weighted by Gasteiger charge is 2.29. The maximum absolute atomic E-state index is 12.8. The standard InChI is InChI=1S/C20H22N4O3S/c1-12-21-16-11-14(3-5-17(16)27-12)22-19(25)13-2-4-15-18(10-13)28-20(23-15)24-6-8-26-9-7-24/h3,5,11,13H,2,4,6-10H2,1H3,(H,22,25). The molecule has 1 N–H and O–H groups in total. The second kappa shape index (κ2) is 7.18. The minimum absolute atomic E-state index is 0.0276. The van der Waals surface area contributed by atoms with Gasteiger partial charge in [-0.05, 0) is 37.5 Å². The predicted molar refractivity (Wildman–Crippen MR) is 108 cm³/mol. The number of nitrogens with zero attached hydrogens (tertiary/aromatic N) is 3. The topological polar surface area (TPSA) is 80.5 Å². The van der Waals surface area contributed by atoms with Gasteiger partial charge in [0.15, 0.2) is 16.6 Å². The third kappa shape index (κ3) is 3.38. The Morgan fingerprint density at radius 2 is 2.14 bits per heavy atom. The Morgan fingerprint density at radius 1 is 1.29 bits per heavy atom. The molecule has 1 aliphatic carbocycles. The minimum Gasteiger partial charge on any atom is -0.441 e. The minimum atomic E-state index is -0.0276. The number of amides is 1. The first-order valence-corrected chi connectivity index (χ1v) is 10.5. The summed E-state index contributed by atoms with van der Waals surface area (Å²) in [7, 11) is 0. The number of ether oxygens (including phenoxy) is 1. The number of hydrogen-bond acceptors (Lipinski definition) is 7. The molecule has 0 bridgehead atoms. The summed E-state index contributed by atoms with van der Waals surface area (Å²) in [5, 5.41) is 4.12. The zero-order valence-electron chi connectivity index (χ0n) is 15.7. The second-order valence-electron chi connectivity index (χ2n) is 7.31. The van der Waals surface area contributed by atoms with Gasteiger partial charge in [-0.3, -0.25) is 4.79 Å². The van der Waals surface area contributed by atoms with E-state index in [0.29, 0.717) is 5.89 Å². The van der Waals surface area contributed by atoms with Crippen LogP contribution in [0.25, 0.3) is 11.1 Å². The van der Waals surface area contributed by atoms with E-state index in [1.807, 2.05) is 25.1 Å². The van der Waals surface area contributed by atoms with Gasteiger partial charge in [0.25, 0.3) is 0 Å². The molecule has 1 fully saturated rings. The molecule has 2 aromatic heterocycles. The number of fused-ring (bicyclic) bond motifs is 2. The molecule has 1 atom stereocenters. The van der Waals surface area contributed by atoms with E-state index in [2.05, 4.69) is 15.2 Å². The molecule has 146 valence electrons. The van der Waals surface area contributed by atoms with E-state index in [9.17, 15) is 4.79 Å². The third-order valence-electron chi connectivity index (χ3n) is 5.34. The SMILES string of the molecule is Cc1nc2cc(NC(=O)C3CCc4nc(N5CCOCC5)sc4C3)ccc2o1. The number of carbonyl (C=O) groups is 1. The van der Waals surface area contributed by atoms with Gasteiger partial charge in [0.1, 0.15) is 5.52 Å². The highest BCUT2D eigenvalue weighted by atomic mass is 32.1. The van der Waals surface area contributed by atoms with Crippen molar-refractivity contribution in [3.63, 3.8) is 0 Å². The summed E-state index contributed by atoms with van der Waals surface area (Å²) in [5.74, 6) is 0.659. The molecule has 1 amide bonds. The van der Waals surface area contributed by atoms with E-state index >= 15 is 0 Å². The lowest BCUT2D eigenvalue weighted by Gasteiger charge is -2.26. The molecule has 3 aromatic rings. The van der Waals surface area contributed by atoms with E-state index in [1.165, 1.54) is 4.88 Å². The van der Waals surface area contributed by atoms with Crippen molar-refractivity contribution in [3.05, 3.63) is 34.7 Å². The van der Waals surface area contributed by atoms with Gasteiger partial charge in [0.2, 0.25) is 5.91 Å². The zero-order chi connectivity index (χ0) is 19.1. The monoisotopic (exact) mass is 398 g/mol. The maximum atomic E-state index is 12.8. The van der Waals surface area contributed by atoms with E-state index in [4.69, 9.17) is 14.1 Å². The van der Waals surface area contributed by atoms with Crippen LogP contribution in [0.5, 0.6) is 0 Å². The molecule has 0 spiro atoms. The first kappa shape index (κ1) is 17.6. The molecular formula is C20H22N4O3S. The lowest BCUT2D eigenvalue weighted by atomic mass is 9.90. The van der Waals surface area contributed by atoms with Gasteiger partial charge in [0.05, 0.1) is 18.9 Å². The molecule has 2 aliphatic rings. The molecule has 0 radical (unpaired) electrons. The van der Waals surface area contributed by atoms with Gasteiger partial charge in [0, 0.05) is 36.5 Å². The lowest BCUT2D eigenvalue weighted by Crippen LogP contribution is -2.36. The summed E-state index contributed by atoms with van der Waals surface area (Å²) in [6.07, 6.45) is 2.45. The van der Waals surface area contributed by atoms with Gasteiger partial charge in [-0.1, -0.05) is 0 Å². The molecule has 1 aromatic carbocycles. The molecule has 1 aliphatic heterocycles. The summed E-state index contributed by atoms with van der Waals surface area (Å²) in [6, 6.07) is 5.57. The zero-order valence-corrected chi connectivity index (χ0v) is 16.6. The van der Waals surface area contributed by atoms with Crippen LogP contribution >= 0.6 is 11.3 Å². The van der Waals surface area contributed by atoms with Crippen LogP contribution in [0.2, 0.25) is 0 Å². The molecule has 3 heterocycles. The molecule has 28 heavy (non-hydrogen) atoms. The van der Waals surface area contributed by atoms with Crippen molar-refractivity contribution in [1.82, 2.24) is 9.97 Å². The largest absolute Gasteiger partial charge is 0.441 e. The quantitative estimate of drug-likeness (QED) is 0.730. The van der Waals surface area contributed by atoms with Gasteiger partial charge in [-0.25, -0.2) is 9.97 Å². The number of carbonyl (C=O) groups excluding carboxylic acids is 1. The number of anilines is 2. The predicted octanol–water partition coefficient (Wildman–Crippen LogP) is 3.17. The lowest BCUT2D eigenvalue weighted by molar-refractivity contribution is -0.120. The van der Waals surface area contributed by atoms with Crippen molar-refractivity contribution < 1.29 is 13.9 Å². The fourth-order valence-corrected chi connectivity index (χ4v) is 5.08. The molecule has 8 heteroatoms. The fraction of sp³-hybridized carbons (Fsp3) is 0.450. The number of thiazole rings is 1. The normalized spacial score (nSPS) is 19.6. The summed E-state index contributed by atoms with van der Waals surface area (Å²) < 4.78 is 10.9. The molecule has 5 rings (SSSR count). The van der Waals surface area contributed by atoms with Crippen LogP contribution in [0.4, 0.5) is 10.8 Å². The van der Waals surface area contributed by atoms with Crippen LogP contribution in [0.15, 0.2) is 22.6 Å². The third-order valence-corrected chi connectivity index (χ3v) is 6.52. The summed E-state index contributed by atoms with van der Waals surface area (Å²) in [5.41, 5.74) is 3.42. The Bertz CT molecular complexity index is 1020. The fourth-order valence-electron chi connectivity index (χ4n) is 3.84. The van der Waals surface area contributed by atoms with Gasteiger partial charge < -0.3 is 19.4 Å².